The fourth-order valence-electron chi connectivity index (χ4n) is 1.92. The predicted molar refractivity (Wildman–Crippen MR) is 102 cm³/mol. The van der Waals surface area contributed by atoms with Crippen molar-refractivity contribution in [1.29, 1.82) is 0 Å². The Hall–Kier alpha value is -1.85. The Morgan fingerprint density at radius 1 is 1.04 bits per heavy atom. The molecule has 0 bridgehead atoms. The Labute approximate surface area is 148 Å². The molecular weight excluding hydrogens is 348 g/mol. The van der Waals surface area contributed by atoms with E-state index in [4.69, 9.17) is 0 Å². The molecule has 0 amide bonds. The first-order chi connectivity index (χ1) is 11.1. The summed E-state index contributed by atoms with van der Waals surface area (Å²) in [5.74, 6) is 7.26. The van der Waals surface area contributed by atoms with E-state index in [-0.39, 0.29) is 5.78 Å². The normalized spacial score (nSPS) is 10.6. The van der Waals surface area contributed by atoms with Crippen molar-refractivity contribution in [3.05, 3.63) is 71.3 Å². The highest BCUT2D eigenvalue weighted by molar-refractivity contribution is 9.09. The van der Waals surface area contributed by atoms with E-state index in [2.05, 4.69) is 65.9 Å². The number of Topliss-reactive ketones (excluding diaryl/α,β-unsaturated/α-hetero) is 1. The highest BCUT2D eigenvalue weighted by Crippen LogP contribution is 2.21. The molecule has 0 aliphatic heterocycles. The summed E-state index contributed by atoms with van der Waals surface area (Å²) in [5, 5.41) is 0.479. The number of halogens is 1. The Morgan fingerprint density at radius 3 is 2.17 bits per heavy atom. The van der Waals surface area contributed by atoms with E-state index in [0.717, 1.165) is 17.5 Å². The van der Waals surface area contributed by atoms with Crippen LogP contribution in [0.4, 0.5) is 0 Å². The molecule has 0 aromatic heterocycles. The molecule has 0 heterocycles. The molecule has 0 saturated heterocycles. The van der Waals surface area contributed by atoms with Gasteiger partial charge in [0.1, 0.15) is 5.78 Å². The average molecular weight is 371 g/mol. The maximum absolute atomic E-state index is 9.77. The van der Waals surface area contributed by atoms with E-state index >= 15 is 0 Å². The van der Waals surface area contributed by atoms with Crippen LogP contribution in [0, 0.1) is 11.8 Å². The van der Waals surface area contributed by atoms with Gasteiger partial charge in [-0.05, 0) is 43.0 Å². The first-order valence-corrected chi connectivity index (χ1v) is 8.92. The van der Waals surface area contributed by atoms with Gasteiger partial charge in [0.05, 0.1) is 5.33 Å². The Morgan fingerprint density at radius 2 is 1.61 bits per heavy atom. The van der Waals surface area contributed by atoms with E-state index in [1.807, 2.05) is 30.3 Å². The number of carbonyl (C=O) groups is 1. The van der Waals surface area contributed by atoms with Gasteiger partial charge in [-0.25, -0.2) is 0 Å². The highest BCUT2D eigenvalue weighted by atomic mass is 79.9. The molecule has 0 saturated carbocycles. The van der Waals surface area contributed by atoms with E-state index in [9.17, 15) is 4.79 Å². The Bertz CT molecular complexity index is 665. The van der Waals surface area contributed by atoms with Crippen LogP contribution in [0.15, 0.2) is 54.6 Å². The smallest absolute Gasteiger partial charge is 0.140 e. The van der Waals surface area contributed by atoms with Crippen LogP contribution in [0.2, 0.25) is 0 Å². The number of alkyl halides is 1. The molecule has 0 aliphatic carbocycles. The molecule has 2 aromatic rings. The first kappa shape index (κ1) is 19.2. The van der Waals surface area contributed by atoms with Gasteiger partial charge in [-0.2, -0.15) is 0 Å². The predicted octanol–water partition coefficient (Wildman–Crippen LogP) is 5.57. The zero-order chi connectivity index (χ0) is 17.1. The zero-order valence-electron chi connectivity index (χ0n) is 14.0. The van der Waals surface area contributed by atoms with E-state index < -0.39 is 0 Å². The van der Waals surface area contributed by atoms with Gasteiger partial charge in [-0.3, -0.25) is 4.79 Å². The standard InChI is InChI=1S/C18H18.C3H5BrO/c1-3-15(2)18-12-8-7-11-17(18)14-13-16-9-5-4-6-10-16;1-3(5)2-4/h4-12,15H,3H2,1-2H3;2H2,1H3. The minimum atomic E-state index is 0.171. The summed E-state index contributed by atoms with van der Waals surface area (Å²) in [6.45, 7) is 6.00. The second-order valence-corrected chi connectivity index (χ2v) is 5.91. The third kappa shape index (κ3) is 7.30. The lowest BCUT2D eigenvalue weighted by molar-refractivity contribution is -0.114. The molecule has 2 rings (SSSR count). The number of hydrogen-bond donors (Lipinski definition) is 0. The number of hydrogen-bond acceptors (Lipinski definition) is 1. The van der Waals surface area contributed by atoms with Gasteiger partial charge in [-0.1, -0.05) is 78.0 Å². The monoisotopic (exact) mass is 370 g/mol. The quantitative estimate of drug-likeness (QED) is 0.509. The molecule has 0 fully saturated rings. The number of benzene rings is 2. The molecule has 1 atom stereocenters. The van der Waals surface area contributed by atoms with E-state index in [0.29, 0.717) is 11.2 Å². The van der Waals surface area contributed by atoms with Crippen molar-refractivity contribution in [2.45, 2.75) is 33.1 Å². The summed E-state index contributed by atoms with van der Waals surface area (Å²) in [4.78, 5) is 9.77. The van der Waals surface area contributed by atoms with Crippen LogP contribution < -0.4 is 0 Å². The molecule has 2 aromatic carbocycles. The van der Waals surface area contributed by atoms with Crippen LogP contribution in [-0.2, 0) is 4.79 Å². The molecule has 0 aliphatic rings. The van der Waals surface area contributed by atoms with Crippen LogP contribution in [0.25, 0.3) is 0 Å². The average Bonchev–Trinajstić information content (AvgIpc) is 2.61. The molecule has 120 valence electrons. The molecule has 23 heavy (non-hydrogen) atoms. The van der Waals surface area contributed by atoms with Crippen LogP contribution >= 0.6 is 15.9 Å². The van der Waals surface area contributed by atoms with Gasteiger partial charge in [0.25, 0.3) is 0 Å². The molecule has 0 N–H and O–H groups in total. The second kappa shape index (κ2) is 10.8. The Kier molecular flexibility index (Phi) is 9.02. The van der Waals surface area contributed by atoms with E-state index in [1.165, 1.54) is 12.5 Å². The van der Waals surface area contributed by atoms with Gasteiger partial charge >= 0.3 is 0 Å². The fourth-order valence-corrected chi connectivity index (χ4v) is 1.92. The third-order valence-corrected chi connectivity index (χ3v) is 4.20. The largest absolute Gasteiger partial charge is 0.299 e. The van der Waals surface area contributed by atoms with Gasteiger partial charge in [-0.15, -0.1) is 0 Å². The highest BCUT2D eigenvalue weighted by Gasteiger charge is 2.06. The van der Waals surface area contributed by atoms with Crippen molar-refractivity contribution >= 4 is 21.7 Å². The molecule has 1 nitrogen and oxygen atoms in total. The number of ketones is 1. The second-order valence-electron chi connectivity index (χ2n) is 5.35. The minimum Gasteiger partial charge on any atom is -0.299 e. The van der Waals surface area contributed by atoms with Crippen LogP contribution in [0.1, 0.15) is 49.8 Å². The van der Waals surface area contributed by atoms with Gasteiger partial charge in [0.15, 0.2) is 0 Å². The van der Waals surface area contributed by atoms with Gasteiger partial charge in [0, 0.05) is 11.1 Å². The summed E-state index contributed by atoms with van der Waals surface area (Å²) in [7, 11) is 0. The summed E-state index contributed by atoms with van der Waals surface area (Å²) in [6.07, 6.45) is 1.14. The Balaban J connectivity index is 0.000000463. The summed E-state index contributed by atoms with van der Waals surface area (Å²) >= 11 is 2.96. The summed E-state index contributed by atoms with van der Waals surface area (Å²) < 4.78 is 0. The van der Waals surface area contributed by atoms with Crippen molar-refractivity contribution in [2.24, 2.45) is 0 Å². The SMILES string of the molecule is CC(=O)CBr.CCC(C)c1ccccc1C#Cc1ccccc1. The van der Waals surface area contributed by atoms with Crippen LogP contribution in [0.5, 0.6) is 0 Å². The first-order valence-electron chi connectivity index (χ1n) is 7.79. The molecule has 0 radical (unpaired) electrons. The topological polar surface area (TPSA) is 17.1 Å². The van der Waals surface area contributed by atoms with Crippen molar-refractivity contribution < 1.29 is 4.79 Å². The maximum Gasteiger partial charge on any atom is 0.140 e. The van der Waals surface area contributed by atoms with Crippen molar-refractivity contribution in [3.63, 3.8) is 0 Å². The van der Waals surface area contributed by atoms with Crippen molar-refractivity contribution in [2.75, 3.05) is 5.33 Å². The summed E-state index contributed by atoms with van der Waals surface area (Å²) in [5.41, 5.74) is 3.57. The molecular formula is C21H23BrO. The molecule has 1 unspecified atom stereocenters. The van der Waals surface area contributed by atoms with Crippen LogP contribution in [0.3, 0.4) is 0 Å². The van der Waals surface area contributed by atoms with Crippen LogP contribution in [-0.4, -0.2) is 11.1 Å². The number of carbonyl (C=O) groups excluding carboxylic acids is 1. The molecule has 0 spiro atoms. The van der Waals surface area contributed by atoms with Gasteiger partial charge < -0.3 is 0 Å². The molecule has 2 heteroatoms. The lowest BCUT2D eigenvalue weighted by atomic mass is 9.94. The third-order valence-electron chi connectivity index (χ3n) is 3.41. The van der Waals surface area contributed by atoms with Crippen molar-refractivity contribution in [1.82, 2.24) is 0 Å². The lowest BCUT2D eigenvalue weighted by Crippen LogP contribution is -1.94. The van der Waals surface area contributed by atoms with Crippen molar-refractivity contribution in [3.8, 4) is 11.8 Å². The zero-order valence-corrected chi connectivity index (χ0v) is 15.6. The lowest BCUT2D eigenvalue weighted by Gasteiger charge is -2.10. The minimum absolute atomic E-state index is 0.171. The summed E-state index contributed by atoms with van der Waals surface area (Å²) in [6, 6.07) is 18.6. The maximum atomic E-state index is 9.77. The number of rotatable bonds is 3. The van der Waals surface area contributed by atoms with E-state index in [1.54, 1.807) is 0 Å². The fraction of sp³-hybridized carbons (Fsp3) is 0.286. The van der Waals surface area contributed by atoms with Gasteiger partial charge in [0.2, 0.25) is 0 Å².